The third kappa shape index (κ3) is 8.61. The maximum absolute atomic E-state index is 13.8. The molecule has 2 aromatic carbocycles. The molecule has 3 atom stereocenters. The van der Waals surface area contributed by atoms with E-state index < -0.39 is 23.5 Å². The second-order valence-electron chi connectivity index (χ2n) is 11.5. The monoisotopic (exact) mass is 522 g/mol. The molecule has 2 N–H and O–H groups in total. The summed E-state index contributed by atoms with van der Waals surface area (Å²) in [5.41, 5.74) is 1.34. The summed E-state index contributed by atoms with van der Waals surface area (Å²) >= 11 is 0. The molecule has 3 aliphatic heterocycles. The lowest BCUT2D eigenvalue weighted by molar-refractivity contribution is -0.164. The van der Waals surface area contributed by atoms with Crippen molar-refractivity contribution in [3.05, 3.63) is 59.7 Å². The predicted octanol–water partition coefficient (Wildman–Crippen LogP) is 5.21. The van der Waals surface area contributed by atoms with Crippen molar-refractivity contribution in [2.75, 3.05) is 7.05 Å². The van der Waals surface area contributed by atoms with Crippen molar-refractivity contribution >= 4 is 17.8 Å². The van der Waals surface area contributed by atoms with Crippen LogP contribution in [-0.2, 0) is 32.0 Å². The number of aryl methyl sites for hydroxylation is 1. The lowest BCUT2D eigenvalue weighted by atomic mass is 9.81. The molecule has 3 aliphatic rings. The van der Waals surface area contributed by atoms with Crippen LogP contribution in [0.15, 0.2) is 48.5 Å². The van der Waals surface area contributed by atoms with Crippen molar-refractivity contribution in [1.82, 2.24) is 10.6 Å². The van der Waals surface area contributed by atoms with Crippen LogP contribution in [0.1, 0.15) is 65.0 Å². The number of nitrogens with one attached hydrogen (secondary N) is 2. The van der Waals surface area contributed by atoms with Crippen LogP contribution in [0.25, 0.3) is 0 Å². The minimum absolute atomic E-state index is 0.173. The summed E-state index contributed by atoms with van der Waals surface area (Å²) in [6.07, 6.45) is 2.79. The van der Waals surface area contributed by atoms with E-state index in [2.05, 4.69) is 10.6 Å². The van der Waals surface area contributed by atoms with E-state index in [0.717, 1.165) is 23.3 Å². The van der Waals surface area contributed by atoms with Crippen LogP contribution >= 0.6 is 0 Å². The smallest absolute Gasteiger partial charge is 0.310 e. The van der Waals surface area contributed by atoms with Gasteiger partial charge in [-0.3, -0.25) is 14.4 Å². The number of hydrogen-bond donors (Lipinski definition) is 2. The molecule has 7 nitrogen and oxygen atoms in total. The molecule has 3 heterocycles. The Labute approximate surface area is 226 Å². The molecule has 2 amide bonds. The van der Waals surface area contributed by atoms with Crippen LogP contribution in [0.5, 0.6) is 11.5 Å². The predicted molar refractivity (Wildman–Crippen MR) is 148 cm³/mol. The van der Waals surface area contributed by atoms with E-state index in [1.165, 1.54) is 0 Å². The van der Waals surface area contributed by atoms with Crippen LogP contribution in [0, 0.1) is 17.8 Å². The van der Waals surface area contributed by atoms with Gasteiger partial charge in [0.25, 0.3) is 0 Å². The number of benzene rings is 2. The maximum atomic E-state index is 13.8. The number of carbonyl (C=O) groups is 3. The molecule has 0 aliphatic carbocycles. The van der Waals surface area contributed by atoms with Gasteiger partial charge in [0.2, 0.25) is 11.8 Å². The zero-order chi connectivity index (χ0) is 27.9. The van der Waals surface area contributed by atoms with E-state index >= 15 is 0 Å². The van der Waals surface area contributed by atoms with Gasteiger partial charge >= 0.3 is 5.97 Å². The third-order valence-electron chi connectivity index (χ3n) is 6.64. The quantitative estimate of drug-likeness (QED) is 0.538. The Morgan fingerprint density at radius 2 is 1.61 bits per heavy atom. The average Bonchev–Trinajstić information content (AvgIpc) is 2.85. The molecule has 0 aromatic heterocycles. The van der Waals surface area contributed by atoms with Crippen molar-refractivity contribution in [3.8, 4) is 11.5 Å². The Balaban J connectivity index is 2.00. The summed E-state index contributed by atoms with van der Waals surface area (Å²) in [5, 5.41) is 5.63. The zero-order valence-corrected chi connectivity index (χ0v) is 23.5. The summed E-state index contributed by atoms with van der Waals surface area (Å²) in [4.78, 5) is 40.0. The SMILES string of the molecule is CNC(=O)[C@@H]1Cc2ccc(cc2)Oc2ccc(cc2)CCC[C@H](C(=O)OC(C)(C)C)[C@@H](CC(C)C)C(=O)N1. The molecule has 2 aromatic rings. The normalized spacial score (nSPS) is 20.7. The molecular weight excluding hydrogens is 480 g/mol. The molecule has 0 saturated carbocycles. The Morgan fingerprint density at radius 1 is 1.03 bits per heavy atom. The first kappa shape index (κ1) is 29.2. The minimum atomic E-state index is -0.779. The van der Waals surface area contributed by atoms with Gasteiger partial charge in [-0.25, -0.2) is 0 Å². The van der Waals surface area contributed by atoms with Crippen LogP contribution in [0.4, 0.5) is 0 Å². The number of hydrogen-bond acceptors (Lipinski definition) is 5. The highest BCUT2D eigenvalue weighted by Gasteiger charge is 2.38. The molecule has 0 radical (unpaired) electrons. The molecule has 5 rings (SSSR count). The number of fused-ring (bicyclic) bond motifs is 2. The summed E-state index contributed by atoms with van der Waals surface area (Å²) < 4.78 is 11.8. The molecule has 38 heavy (non-hydrogen) atoms. The van der Waals surface area contributed by atoms with E-state index in [1.54, 1.807) is 7.05 Å². The van der Waals surface area contributed by atoms with E-state index in [-0.39, 0.29) is 23.7 Å². The third-order valence-corrected chi connectivity index (χ3v) is 6.64. The highest BCUT2D eigenvalue weighted by molar-refractivity contribution is 5.90. The molecule has 206 valence electrons. The van der Waals surface area contributed by atoms with Crippen LogP contribution < -0.4 is 15.4 Å². The lowest BCUT2D eigenvalue weighted by Gasteiger charge is -2.31. The van der Waals surface area contributed by atoms with Crippen molar-refractivity contribution in [3.63, 3.8) is 0 Å². The number of carbonyl (C=O) groups excluding carboxylic acids is 3. The van der Waals surface area contributed by atoms with Gasteiger partial charge in [-0.05, 0) is 87.8 Å². The maximum Gasteiger partial charge on any atom is 0.310 e. The molecule has 7 heteroatoms. The topological polar surface area (TPSA) is 93.7 Å². The van der Waals surface area contributed by atoms with Crippen molar-refractivity contribution in [2.45, 2.75) is 78.4 Å². The van der Waals surface area contributed by atoms with Crippen molar-refractivity contribution < 1.29 is 23.9 Å². The molecule has 4 bridgehead atoms. The fraction of sp³-hybridized carbons (Fsp3) is 0.516. The fourth-order valence-electron chi connectivity index (χ4n) is 4.80. The van der Waals surface area contributed by atoms with Crippen molar-refractivity contribution in [1.29, 1.82) is 0 Å². The van der Waals surface area contributed by atoms with Crippen LogP contribution in [-0.4, -0.2) is 36.5 Å². The second kappa shape index (κ2) is 12.9. The molecular formula is C31H42N2O5. The van der Waals surface area contributed by atoms with Gasteiger partial charge in [-0.1, -0.05) is 38.1 Å². The highest BCUT2D eigenvalue weighted by atomic mass is 16.6. The molecule has 0 saturated heterocycles. The number of amides is 2. The fourth-order valence-corrected chi connectivity index (χ4v) is 4.80. The Bertz CT molecular complexity index is 1090. The standard InChI is InChI=1S/C31H42N2O5/c1-20(2)18-26-25(30(36)38-31(3,4)5)9-7-8-21-10-14-23(15-11-21)37-24-16-12-22(13-17-24)19-27(29(35)32-6)33-28(26)34/h10-17,20,25-27H,7-9,18-19H2,1-6H3,(H,32,35)(H,33,34)/t25-,26+,27-/m0/s1. The minimum Gasteiger partial charge on any atom is -0.460 e. The number of likely N-dealkylation sites (N-methyl/N-ethyl adjacent to an activating group) is 1. The van der Waals surface area contributed by atoms with E-state index in [4.69, 9.17) is 9.47 Å². The molecule has 0 unspecified atom stereocenters. The Kier molecular flexibility index (Phi) is 9.95. The first-order valence-corrected chi connectivity index (χ1v) is 13.6. The van der Waals surface area contributed by atoms with Gasteiger partial charge in [-0.2, -0.15) is 0 Å². The van der Waals surface area contributed by atoms with Gasteiger partial charge in [0.1, 0.15) is 23.1 Å². The lowest BCUT2D eigenvalue weighted by Crippen LogP contribution is -2.51. The van der Waals surface area contributed by atoms with Gasteiger partial charge in [0.05, 0.1) is 11.8 Å². The zero-order valence-electron chi connectivity index (χ0n) is 23.5. The van der Waals surface area contributed by atoms with E-state index in [9.17, 15) is 14.4 Å². The molecule has 0 spiro atoms. The van der Waals surface area contributed by atoms with Crippen molar-refractivity contribution in [2.24, 2.45) is 17.8 Å². The van der Waals surface area contributed by atoms with Gasteiger partial charge in [0.15, 0.2) is 0 Å². The molecule has 0 fully saturated rings. The van der Waals surface area contributed by atoms with Gasteiger partial charge in [0, 0.05) is 13.5 Å². The van der Waals surface area contributed by atoms with Crippen LogP contribution in [0.2, 0.25) is 0 Å². The average molecular weight is 523 g/mol. The van der Waals surface area contributed by atoms with E-state index in [1.807, 2.05) is 83.1 Å². The summed E-state index contributed by atoms with van der Waals surface area (Å²) in [5.74, 6) is -0.590. The van der Waals surface area contributed by atoms with Gasteiger partial charge in [-0.15, -0.1) is 0 Å². The van der Waals surface area contributed by atoms with Gasteiger partial charge < -0.3 is 20.1 Å². The number of rotatable bonds is 4. The first-order chi connectivity index (χ1) is 17.9. The van der Waals surface area contributed by atoms with Crippen LogP contribution in [0.3, 0.4) is 0 Å². The Morgan fingerprint density at radius 3 is 2.13 bits per heavy atom. The summed E-state index contributed by atoms with van der Waals surface area (Å²) in [6, 6.07) is 14.7. The largest absolute Gasteiger partial charge is 0.460 e. The second-order valence-corrected chi connectivity index (χ2v) is 11.5. The highest BCUT2D eigenvalue weighted by Crippen LogP contribution is 2.30. The summed E-state index contributed by atoms with van der Waals surface area (Å²) in [7, 11) is 1.55. The Hall–Kier alpha value is -3.35. The number of ether oxygens (including phenoxy) is 2. The van der Waals surface area contributed by atoms with E-state index in [0.29, 0.717) is 31.4 Å². The summed E-state index contributed by atoms with van der Waals surface area (Å²) in [6.45, 7) is 9.57. The first-order valence-electron chi connectivity index (χ1n) is 13.6. The number of esters is 1.